The molecule has 41 heavy (non-hydrogen) atoms. The van der Waals surface area contributed by atoms with Crippen molar-refractivity contribution in [3.63, 3.8) is 0 Å². The molecular weight excluding hydrogens is 512 g/mol. The Kier molecular flexibility index (Phi) is 8.63. The molecule has 1 N–H and O–H groups in total. The molecule has 4 fully saturated rings. The summed E-state index contributed by atoms with van der Waals surface area (Å²) in [6.07, 6.45) is 7.50. The maximum atomic E-state index is 13.6. The summed E-state index contributed by atoms with van der Waals surface area (Å²) >= 11 is 0. The van der Waals surface area contributed by atoms with Crippen molar-refractivity contribution in [2.45, 2.75) is 64.6 Å². The Morgan fingerprint density at radius 3 is 2.34 bits per heavy atom. The summed E-state index contributed by atoms with van der Waals surface area (Å²) in [5.41, 5.74) is 3.27. The summed E-state index contributed by atoms with van der Waals surface area (Å²) < 4.78 is 5.46. The van der Waals surface area contributed by atoms with Crippen LogP contribution in [0.2, 0.25) is 0 Å². The van der Waals surface area contributed by atoms with Crippen LogP contribution < -0.4 is 15.0 Å². The number of nitrogens with zero attached hydrogens (tertiary/aromatic N) is 3. The van der Waals surface area contributed by atoms with Gasteiger partial charge in [0, 0.05) is 57.9 Å². The molecule has 4 aliphatic carbocycles. The minimum Gasteiger partial charge on any atom is -0.497 e. The first-order chi connectivity index (χ1) is 19.9. The first-order valence-corrected chi connectivity index (χ1v) is 15.7. The third-order valence-corrected chi connectivity index (χ3v) is 10.1. The maximum absolute atomic E-state index is 13.6. The Labute approximate surface area is 245 Å². The van der Waals surface area contributed by atoms with Gasteiger partial charge in [-0.2, -0.15) is 0 Å². The maximum Gasteiger partial charge on any atom is 0.234 e. The third-order valence-electron chi connectivity index (χ3n) is 10.1. The van der Waals surface area contributed by atoms with Gasteiger partial charge in [0.05, 0.1) is 13.7 Å². The number of hydrogen-bond donors (Lipinski definition) is 1. The van der Waals surface area contributed by atoms with Crippen LogP contribution in [0.4, 0.5) is 5.69 Å². The van der Waals surface area contributed by atoms with E-state index in [0.29, 0.717) is 37.5 Å². The largest absolute Gasteiger partial charge is 0.497 e. The van der Waals surface area contributed by atoms with E-state index in [0.717, 1.165) is 61.4 Å². The topological polar surface area (TPSA) is 65.1 Å². The predicted molar refractivity (Wildman–Crippen MR) is 162 cm³/mol. The zero-order valence-electron chi connectivity index (χ0n) is 24.8. The summed E-state index contributed by atoms with van der Waals surface area (Å²) in [6, 6.07) is 16.8. The number of rotatable bonds is 6. The lowest BCUT2D eigenvalue weighted by Gasteiger charge is -2.54. The molecule has 0 saturated heterocycles. The Bertz CT molecular complexity index is 1200. The number of ether oxygens (including phenoxy) is 1. The standard InChI is InChI=1S/C34H46N4O3/c1-24(39)38-12-6-11-36(21-25-7-5-9-31(20-25)41-2)13-14-37(22-28-8-3-4-10-32(28)38)23-33(40)35-34-29-16-26-15-27(18-29)19-30(34)17-26/h3-5,7-10,20,26-27,29-30,34H,6,11-19,21-23H2,1-2H3,(H,35,40). The summed E-state index contributed by atoms with van der Waals surface area (Å²) in [4.78, 5) is 33.0. The van der Waals surface area contributed by atoms with E-state index >= 15 is 0 Å². The number of carbonyl (C=O) groups is 2. The number of anilines is 1. The zero-order chi connectivity index (χ0) is 28.3. The van der Waals surface area contributed by atoms with E-state index in [2.05, 4.69) is 39.4 Å². The van der Waals surface area contributed by atoms with Crippen molar-refractivity contribution in [2.24, 2.45) is 23.7 Å². The molecule has 220 valence electrons. The van der Waals surface area contributed by atoms with Crippen molar-refractivity contribution in [2.75, 3.05) is 44.7 Å². The molecule has 0 atom stereocenters. The number of nitrogens with one attached hydrogen (secondary N) is 1. The molecule has 1 heterocycles. The highest BCUT2D eigenvalue weighted by Gasteiger charge is 2.48. The number of benzene rings is 2. The van der Waals surface area contributed by atoms with Crippen LogP contribution in [0.15, 0.2) is 48.5 Å². The van der Waals surface area contributed by atoms with Crippen molar-refractivity contribution in [3.8, 4) is 5.75 Å². The highest BCUT2D eigenvalue weighted by atomic mass is 16.5. The van der Waals surface area contributed by atoms with Gasteiger partial charge in [-0.1, -0.05) is 30.3 Å². The molecule has 0 unspecified atom stereocenters. The van der Waals surface area contributed by atoms with Crippen molar-refractivity contribution in [1.82, 2.24) is 15.1 Å². The zero-order valence-corrected chi connectivity index (χ0v) is 24.8. The fraction of sp³-hybridized carbons (Fsp3) is 0.588. The van der Waals surface area contributed by atoms with Crippen LogP contribution in [-0.2, 0) is 22.7 Å². The Balaban J connectivity index is 1.19. The lowest BCUT2D eigenvalue weighted by atomic mass is 9.54. The minimum absolute atomic E-state index is 0.0576. The second kappa shape index (κ2) is 12.5. The molecule has 2 aromatic carbocycles. The van der Waals surface area contributed by atoms with Crippen molar-refractivity contribution in [1.29, 1.82) is 0 Å². The average Bonchev–Trinajstić information content (AvgIpc) is 2.98. The normalized spacial score (nSPS) is 28.5. The van der Waals surface area contributed by atoms with E-state index in [1.54, 1.807) is 14.0 Å². The summed E-state index contributed by atoms with van der Waals surface area (Å²) in [5.74, 6) is 4.20. The molecule has 7 heteroatoms. The molecule has 4 bridgehead atoms. The third kappa shape index (κ3) is 6.62. The van der Waals surface area contributed by atoms with Crippen molar-refractivity contribution in [3.05, 3.63) is 59.7 Å². The lowest BCUT2D eigenvalue weighted by molar-refractivity contribution is -0.126. The molecule has 7 nitrogen and oxygen atoms in total. The van der Waals surface area contributed by atoms with Gasteiger partial charge >= 0.3 is 0 Å². The molecule has 7 rings (SSSR count). The Morgan fingerprint density at radius 2 is 1.61 bits per heavy atom. The molecule has 0 spiro atoms. The SMILES string of the molecule is COc1cccc(CN2CCCN(C(C)=O)c3ccccc3CN(CC(=O)NC3C4CC5CC(C4)CC3C5)CC2)c1. The van der Waals surface area contributed by atoms with Crippen LogP contribution in [0.25, 0.3) is 0 Å². The van der Waals surface area contributed by atoms with Gasteiger partial charge in [-0.15, -0.1) is 0 Å². The Morgan fingerprint density at radius 1 is 0.878 bits per heavy atom. The molecule has 4 saturated carbocycles. The van der Waals surface area contributed by atoms with Crippen LogP contribution in [0.5, 0.6) is 5.75 Å². The summed E-state index contributed by atoms with van der Waals surface area (Å²) in [5, 5.41) is 3.53. The number of para-hydroxylation sites is 1. The smallest absolute Gasteiger partial charge is 0.234 e. The minimum atomic E-state index is 0.0576. The Hall–Kier alpha value is -2.90. The summed E-state index contributed by atoms with van der Waals surface area (Å²) in [6.45, 7) is 6.66. The van der Waals surface area contributed by atoms with E-state index in [9.17, 15) is 9.59 Å². The molecule has 0 aromatic heterocycles. The second-order valence-corrected chi connectivity index (χ2v) is 13.0. The van der Waals surface area contributed by atoms with Gasteiger partial charge in [-0.25, -0.2) is 0 Å². The number of amides is 2. The van der Waals surface area contributed by atoms with Crippen LogP contribution >= 0.6 is 0 Å². The van der Waals surface area contributed by atoms with Gasteiger partial charge in [0.1, 0.15) is 5.75 Å². The highest BCUT2D eigenvalue weighted by molar-refractivity contribution is 5.92. The van der Waals surface area contributed by atoms with Crippen LogP contribution in [-0.4, -0.2) is 67.5 Å². The fourth-order valence-electron chi connectivity index (χ4n) is 8.44. The number of methoxy groups -OCH3 is 1. The van der Waals surface area contributed by atoms with E-state index in [4.69, 9.17) is 4.74 Å². The van der Waals surface area contributed by atoms with Crippen LogP contribution in [0.3, 0.4) is 0 Å². The molecule has 1 aliphatic heterocycles. The first kappa shape index (κ1) is 28.2. The van der Waals surface area contributed by atoms with Gasteiger partial charge in [0.15, 0.2) is 0 Å². The molecule has 2 amide bonds. The van der Waals surface area contributed by atoms with E-state index in [1.165, 1.54) is 37.7 Å². The monoisotopic (exact) mass is 558 g/mol. The highest BCUT2D eigenvalue weighted by Crippen LogP contribution is 2.53. The average molecular weight is 559 g/mol. The van der Waals surface area contributed by atoms with Gasteiger partial charge in [0.2, 0.25) is 11.8 Å². The molecule has 2 aromatic rings. The first-order valence-electron chi connectivity index (χ1n) is 15.7. The van der Waals surface area contributed by atoms with Crippen molar-refractivity contribution >= 4 is 17.5 Å². The predicted octanol–water partition coefficient (Wildman–Crippen LogP) is 4.70. The van der Waals surface area contributed by atoms with Gasteiger partial charge in [-0.05, 0) is 91.5 Å². The van der Waals surface area contributed by atoms with Gasteiger partial charge < -0.3 is 15.0 Å². The van der Waals surface area contributed by atoms with E-state index < -0.39 is 0 Å². The van der Waals surface area contributed by atoms with Crippen molar-refractivity contribution < 1.29 is 14.3 Å². The molecule has 5 aliphatic rings. The number of carbonyl (C=O) groups excluding carboxylic acids is 2. The van der Waals surface area contributed by atoms with E-state index in [-0.39, 0.29) is 11.8 Å². The van der Waals surface area contributed by atoms with Gasteiger partial charge in [0.25, 0.3) is 0 Å². The lowest BCUT2D eigenvalue weighted by Crippen LogP contribution is -2.57. The quantitative estimate of drug-likeness (QED) is 0.557. The second-order valence-electron chi connectivity index (χ2n) is 13.0. The van der Waals surface area contributed by atoms with Crippen LogP contribution in [0, 0.1) is 23.7 Å². The van der Waals surface area contributed by atoms with Gasteiger partial charge in [-0.3, -0.25) is 19.4 Å². The van der Waals surface area contributed by atoms with Crippen LogP contribution in [0.1, 0.15) is 56.6 Å². The number of fused-ring (bicyclic) bond motifs is 1. The number of hydrogen-bond acceptors (Lipinski definition) is 5. The molecule has 0 radical (unpaired) electrons. The molecular formula is C34H46N4O3. The fourth-order valence-corrected chi connectivity index (χ4v) is 8.44. The van der Waals surface area contributed by atoms with E-state index in [1.807, 2.05) is 29.2 Å². The summed E-state index contributed by atoms with van der Waals surface area (Å²) in [7, 11) is 1.70.